The Balaban J connectivity index is 2.22. The highest BCUT2D eigenvalue weighted by Gasteiger charge is 2.22. The molecule has 3 unspecified atom stereocenters. The van der Waals surface area contributed by atoms with Crippen molar-refractivity contribution in [2.45, 2.75) is 84.3 Å². The molecule has 1 fully saturated rings. The van der Waals surface area contributed by atoms with E-state index in [1.54, 1.807) is 0 Å². The molecule has 1 aliphatic carbocycles. The van der Waals surface area contributed by atoms with Gasteiger partial charge in [-0.25, -0.2) is 0 Å². The van der Waals surface area contributed by atoms with Crippen molar-refractivity contribution in [3.8, 4) is 0 Å². The van der Waals surface area contributed by atoms with Gasteiger partial charge in [-0.2, -0.15) is 0 Å². The molecule has 0 saturated heterocycles. The average Bonchev–Trinajstić information content (AvgIpc) is 2.42. The summed E-state index contributed by atoms with van der Waals surface area (Å²) in [7, 11) is 0. The van der Waals surface area contributed by atoms with Gasteiger partial charge in [0.2, 0.25) is 0 Å². The topological polar surface area (TPSA) is 21.3 Å². The van der Waals surface area contributed by atoms with E-state index in [9.17, 15) is 0 Å². The summed E-state index contributed by atoms with van der Waals surface area (Å²) in [6.45, 7) is 8.83. The normalized spacial score (nSPS) is 26.2. The largest absolute Gasteiger partial charge is 0.377 e. The van der Waals surface area contributed by atoms with Crippen molar-refractivity contribution in [1.29, 1.82) is 0 Å². The molecule has 0 aromatic heterocycles. The van der Waals surface area contributed by atoms with Crippen molar-refractivity contribution in [1.82, 2.24) is 5.32 Å². The number of hydrogen-bond donors (Lipinski definition) is 1. The lowest BCUT2D eigenvalue weighted by molar-refractivity contribution is 0.000520. The summed E-state index contributed by atoms with van der Waals surface area (Å²) in [5, 5.41) is 3.61. The quantitative estimate of drug-likeness (QED) is 0.668. The van der Waals surface area contributed by atoms with Crippen LogP contribution < -0.4 is 5.32 Å². The molecule has 0 heterocycles. The molecule has 0 radical (unpaired) electrons. The van der Waals surface area contributed by atoms with Crippen molar-refractivity contribution >= 4 is 0 Å². The number of ether oxygens (including phenoxy) is 1. The van der Waals surface area contributed by atoms with Gasteiger partial charge in [-0.3, -0.25) is 0 Å². The Hall–Kier alpha value is -0.0800. The maximum Gasteiger partial charge on any atom is 0.0623 e. The molecule has 0 aromatic rings. The fourth-order valence-electron chi connectivity index (χ4n) is 2.96. The molecular formula is C16H33NO. The summed E-state index contributed by atoms with van der Waals surface area (Å²) < 4.78 is 6.16. The maximum atomic E-state index is 6.16. The SMILES string of the molecule is CCCNC(CCC)COC1CCCC(CC)C1. The zero-order chi connectivity index (χ0) is 13.2. The van der Waals surface area contributed by atoms with E-state index >= 15 is 0 Å². The summed E-state index contributed by atoms with van der Waals surface area (Å²) in [4.78, 5) is 0. The Bertz CT molecular complexity index is 192. The molecule has 0 spiro atoms. The van der Waals surface area contributed by atoms with E-state index in [2.05, 4.69) is 26.1 Å². The smallest absolute Gasteiger partial charge is 0.0623 e. The average molecular weight is 255 g/mol. The molecule has 0 bridgehead atoms. The van der Waals surface area contributed by atoms with E-state index in [-0.39, 0.29) is 0 Å². The molecule has 2 nitrogen and oxygen atoms in total. The van der Waals surface area contributed by atoms with Crippen LogP contribution in [0.2, 0.25) is 0 Å². The van der Waals surface area contributed by atoms with Crippen molar-refractivity contribution in [3.63, 3.8) is 0 Å². The van der Waals surface area contributed by atoms with Crippen LogP contribution in [0.3, 0.4) is 0 Å². The van der Waals surface area contributed by atoms with Gasteiger partial charge in [0.15, 0.2) is 0 Å². The standard InChI is InChI=1S/C16H33NO/c1-4-8-15(17-11-5-2)13-18-16-10-7-9-14(6-3)12-16/h14-17H,4-13H2,1-3H3. The fraction of sp³-hybridized carbons (Fsp3) is 1.00. The molecule has 1 N–H and O–H groups in total. The van der Waals surface area contributed by atoms with Gasteiger partial charge in [-0.05, 0) is 38.1 Å². The lowest BCUT2D eigenvalue weighted by Crippen LogP contribution is -2.36. The maximum absolute atomic E-state index is 6.16. The molecule has 1 aliphatic rings. The van der Waals surface area contributed by atoms with Crippen LogP contribution in [-0.4, -0.2) is 25.3 Å². The predicted molar refractivity (Wildman–Crippen MR) is 79.0 cm³/mol. The minimum Gasteiger partial charge on any atom is -0.377 e. The Morgan fingerprint density at radius 3 is 2.67 bits per heavy atom. The van der Waals surface area contributed by atoms with Gasteiger partial charge in [0, 0.05) is 6.04 Å². The first kappa shape index (κ1) is 16.0. The van der Waals surface area contributed by atoms with E-state index < -0.39 is 0 Å². The molecule has 2 heteroatoms. The third kappa shape index (κ3) is 6.19. The molecule has 0 aliphatic heterocycles. The molecule has 18 heavy (non-hydrogen) atoms. The first-order valence-electron chi connectivity index (χ1n) is 8.15. The van der Waals surface area contributed by atoms with Gasteiger partial charge in [0.1, 0.15) is 0 Å². The van der Waals surface area contributed by atoms with Crippen LogP contribution >= 0.6 is 0 Å². The second kappa shape index (κ2) is 9.80. The number of rotatable bonds is 9. The zero-order valence-electron chi connectivity index (χ0n) is 12.7. The van der Waals surface area contributed by atoms with E-state index in [0.29, 0.717) is 12.1 Å². The Morgan fingerprint density at radius 2 is 2.00 bits per heavy atom. The van der Waals surface area contributed by atoms with Gasteiger partial charge in [0.05, 0.1) is 12.7 Å². The fourth-order valence-corrected chi connectivity index (χ4v) is 2.96. The Morgan fingerprint density at radius 1 is 1.17 bits per heavy atom. The van der Waals surface area contributed by atoms with Crippen LogP contribution in [0.5, 0.6) is 0 Å². The second-order valence-electron chi connectivity index (χ2n) is 5.84. The van der Waals surface area contributed by atoms with Crippen molar-refractivity contribution in [2.75, 3.05) is 13.2 Å². The highest BCUT2D eigenvalue weighted by molar-refractivity contribution is 4.74. The molecule has 3 atom stereocenters. The van der Waals surface area contributed by atoms with Crippen LogP contribution in [0.4, 0.5) is 0 Å². The summed E-state index contributed by atoms with van der Waals surface area (Å²) in [6.07, 6.45) is 10.9. The van der Waals surface area contributed by atoms with Crippen LogP contribution in [0, 0.1) is 5.92 Å². The lowest BCUT2D eigenvalue weighted by Gasteiger charge is -2.30. The predicted octanol–water partition coefficient (Wildman–Crippen LogP) is 4.14. The second-order valence-corrected chi connectivity index (χ2v) is 5.84. The summed E-state index contributed by atoms with van der Waals surface area (Å²) in [6, 6.07) is 0.567. The zero-order valence-corrected chi connectivity index (χ0v) is 12.7. The Kier molecular flexibility index (Phi) is 8.70. The molecule has 1 rings (SSSR count). The summed E-state index contributed by atoms with van der Waals surface area (Å²) in [5.41, 5.74) is 0. The minimum absolute atomic E-state index is 0.534. The van der Waals surface area contributed by atoms with Gasteiger partial charge < -0.3 is 10.1 Å². The molecular weight excluding hydrogens is 222 g/mol. The van der Waals surface area contributed by atoms with Crippen molar-refractivity contribution in [3.05, 3.63) is 0 Å². The Labute approximate surface area is 114 Å². The monoisotopic (exact) mass is 255 g/mol. The van der Waals surface area contributed by atoms with E-state index in [0.717, 1.165) is 19.1 Å². The number of nitrogens with one attached hydrogen (secondary N) is 1. The van der Waals surface area contributed by atoms with Gasteiger partial charge in [-0.15, -0.1) is 0 Å². The minimum atomic E-state index is 0.534. The van der Waals surface area contributed by atoms with Crippen LogP contribution in [-0.2, 0) is 4.74 Å². The highest BCUT2D eigenvalue weighted by Crippen LogP contribution is 2.28. The summed E-state index contributed by atoms with van der Waals surface area (Å²) >= 11 is 0. The molecule has 0 aromatic carbocycles. The first-order chi connectivity index (χ1) is 8.80. The van der Waals surface area contributed by atoms with Crippen LogP contribution in [0.1, 0.15) is 72.1 Å². The lowest BCUT2D eigenvalue weighted by atomic mass is 9.85. The third-order valence-electron chi connectivity index (χ3n) is 4.17. The van der Waals surface area contributed by atoms with Gasteiger partial charge in [0.25, 0.3) is 0 Å². The third-order valence-corrected chi connectivity index (χ3v) is 4.17. The van der Waals surface area contributed by atoms with Crippen molar-refractivity contribution < 1.29 is 4.74 Å². The molecule has 1 saturated carbocycles. The molecule has 0 amide bonds. The number of hydrogen-bond acceptors (Lipinski definition) is 2. The van der Waals surface area contributed by atoms with Crippen LogP contribution in [0.25, 0.3) is 0 Å². The van der Waals surface area contributed by atoms with E-state index in [1.165, 1.54) is 51.4 Å². The van der Waals surface area contributed by atoms with E-state index in [1.807, 2.05) is 0 Å². The van der Waals surface area contributed by atoms with E-state index in [4.69, 9.17) is 4.74 Å². The van der Waals surface area contributed by atoms with Crippen molar-refractivity contribution in [2.24, 2.45) is 5.92 Å². The highest BCUT2D eigenvalue weighted by atomic mass is 16.5. The molecule has 108 valence electrons. The summed E-state index contributed by atoms with van der Waals surface area (Å²) in [5.74, 6) is 0.914. The van der Waals surface area contributed by atoms with Gasteiger partial charge in [-0.1, -0.05) is 46.5 Å². The van der Waals surface area contributed by atoms with Gasteiger partial charge >= 0.3 is 0 Å². The van der Waals surface area contributed by atoms with Crippen LogP contribution in [0.15, 0.2) is 0 Å². The first-order valence-corrected chi connectivity index (χ1v) is 8.15.